The summed E-state index contributed by atoms with van der Waals surface area (Å²) in [5.74, 6) is 0.962. The third-order valence-electron chi connectivity index (χ3n) is 3.84. The van der Waals surface area contributed by atoms with Crippen molar-refractivity contribution in [1.29, 1.82) is 0 Å². The summed E-state index contributed by atoms with van der Waals surface area (Å²) < 4.78 is 5.55. The van der Waals surface area contributed by atoms with Gasteiger partial charge in [-0.05, 0) is 30.0 Å². The molecule has 1 aromatic rings. The zero-order chi connectivity index (χ0) is 14.6. The molecule has 1 aliphatic rings. The fraction of sp³-hybridized carbons (Fsp3) is 0.647. The van der Waals surface area contributed by atoms with Gasteiger partial charge in [0.2, 0.25) is 0 Å². The van der Waals surface area contributed by atoms with Gasteiger partial charge in [-0.3, -0.25) is 4.90 Å². The molecule has 0 bridgehead atoms. The van der Waals surface area contributed by atoms with E-state index in [4.69, 9.17) is 4.74 Å². The lowest BCUT2D eigenvalue weighted by Crippen LogP contribution is -2.48. The number of nitrogens with zero attached hydrogens (tertiary/aromatic N) is 1. The van der Waals surface area contributed by atoms with Crippen molar-refractivity contribution in [1.82, 2.24) is 10.2 Å². The van der Waals surface area contributed by atoms with E-state index >= 15 is 0 Å². The lowest BCUT2D eigenvalue weighted by Gasteiger charge is -2.42. The van der Waals surface area contributed by atoms with Crippen molar-refractivity contribution in [2.75, 3.05) is 32.8 Å². The normalized spacial score (nSPS) is 18.8. The highest BCUT2D eigenvalue weighted by Crippen LogP contribution is 2.38. The molecule has 112 valence electrons. The molecule has 3 heteroatoms. The fourth-order valence-corrected chi connectivity index (χ4v) is 3.11. The molecule has 2 rings (SSSR count). The van der Waals surface area contributed by atoms with Crippen LogP contribution in [0.25, 0.3) is 0 Å². The minimum Gasteiger partial charge on any atom is -0.494 e. The van der Waals surface area contributed by atoms with Crippen LogP contribution in [0.3, 0.4) is 0 Å². The first kappa shape index (κ1) is 15.3. The summed E-state index contributed by atoms with van der Waals surface area (Å²) in [6, 6.07) is 9.10. The molecule has 0 amide bonds. The van der Waals surface area contributed by atoms with Gasteiger partial charge in [0.25, 0.3) is 0 Å². The maximum Gasteiger partial charge on any atom is 0.119 e. The third kappa shape index (κ3) is 3.74. The summed E-state index contributed by atoms with van der Waals surface area (Å²) in [5, 5.41) is 3.44. The highest BCUT2D eigenvalue weighted by Gasteiger charge is 2.32. The second kappa shape index (κ2) is 6.59. The Hall–Kier alpha value is -1.06. The van der Waals surface area contributed by atoms with E-state index in [1.165, 1.54) is 5.56 Å². The number of rotatable bonds is 4. The van der Waals surface area contributed by atoms with Gasteiger partial charge in [-0.15, -0.1) is 0 Å². The first-order chi connectivity index (χ1) is 9.52. The van der Waals surface area contributed by atoms with Crippen LogP contribution >= 0.6 is 0 Å². The second-order valence-electron chi connectivity index (χ2n) is 6.56. The molecule has 0 spiro atoms. The van der Waals surface area contributed by atoms with Crippen LogP contribution in [0.4, 0.5) is 0 Å². The average Bonchev–Trinajstić information content (AvgIpc) is 2.41. The molecule has 3 nitrogen and oxygen atoms in total. The Morgan fingerprint density at radius 1 is 1.15 bits per heavy atom. The summed E-state index contributed by atoms with van der Waals surface area (Å²) in [5.41, 5.74) is 1.62. The van der Waals surface area contributed by atoms with Gasteiger partial charge in [-0.2, -0.15) is 0 Å². The molecule has 0 radical (unpaired) electrons. The molecule has 0 unspecified atom stereocenters. The quantitative estimate of drug-likeness (QED) is 0.914. The SMILES string of the molecule is CCOc1ccc([C@@H](N2CCNCC2)C(C)(C)C)cc1. The Balaban J connectivity index is 2.21. The van der Waals surface area contributed by atoms with Crippen molar-refractivity contribution in [2.45, 2.75) is 33.7 Å². The Morgan fingerprint density at radius 2 is 1.75 bits per heavy atom. The Labute approximate surface area is 123 Å². The number of piperazine rings is 1. The third-order valence-corrected chi connectivity index (χ3v) is 3.84. The van der Waals surface area contributed by atoms with Crippen LogP contribution in [0.5, 0.6) is 5.75 Å². The van der Waals surface area contributed by atoms with Crippen LogP contribution in [0.2, 0.25) is 0 Å². The molecular formula is C17H28N2O. The summed E-state index contributed by atoms with van der Waals surface area (Å²) in [6.45, 7) is 14.1. The second-order valence-corrected chi connectivity index (χ2v) is 6.56. The number of hydrogen-bond donors (Lipinski definition) is 1. The predicted octanol–water partition coefficient (Wildman–Crippen LogP) is 3.08. The van der Waals surface area contributed by atoms with Gasteiger partial charge in [0.05, 0.1) is 6.61 Å². The van der Waals surface area contributed by atoms with Gasteiger partial charge >= 0.3 is 0 Å². The summed E-state index contributed by atoms with van der Waals surface area (Å²) in [4.78, 5) is 2.60. The molecule has 1 heterocycles. The van der Waals surface area contributed by atoms with E-state index in [1.807, 2.05) is 6.92 Å². The van der Waals surface area contributed by atoms with Crippen LogP contribution in [0, 0.1) is 5.41 Å². The maximum absolute atomic E-state index is 5.55. The van der Waals surface area contributed by atoms with Crippen LogP contribution in [0.1, 0.15) is 39.3 Å². The van der Waals surface area contributed by atoms with E-state index in [9.17, 15) is 0 Å². The van der Waals surface area contributed by atoms with E-state index in [-0.39, 0.29) is 5.41 Å². The van der Waals surface area contributed by atoms with Gasteiger partial charge in [0.1, 0.15) is 5.75 Å². The molecule has 0 saturated carbocycles. The number of benzene rings is 1. The standard InChI is InChI=1S/C17H28N2O/c1-5-20-15-8-6-14(7-9-15)16(17(2,3)4)19-12-10-18-11-13-19/h6-9,16,18H,5,10-13H2,1-4H3/t16-/m1/s1. The first-order valence-corrected chi connectivity index (χ1v) is 7.70. The Bertz CT molecular complexity index is 402. The molecule has 0 aliphatic carbocycles. The molecule has 1 atom stereocenters. The minimum atomic E-state index is 0.227. The maximum atomic E-state index is 5.55. The number of nitrogens with one attached hydrogen (secondary N) is 1. The van der Waals surface area contributed by atoms with Gasteiger partial charge in [0.15, 0.2) is 0 Å². The Morgan fingerprint density at radius 3 is 2.25 bits per heavy atom. The number of ether oxygens (including phenoxy) is 1. The van der Waals surface area contributed by atoms with Crippen LogP contribution in [-0.4, -0.2) is 37.7 Å². The van der Waals surface area contributed by atoms with Crippen molar-refractivity contribution < 1.29 is 4.74 Å². The van der Waals surface area contributed by atoms with Gasteiger partial charge < -0.3 is 10.1 Å². The van der Waals surface area contributed by atoms with E-state index in [2.05, 4.69) is 55.3 Å². The summed E-state index contributed by atoms with van der Waals surface area (Å²) in [7, 11) is 0. The van der Waals surface area contributed by atoms with Crippen molar-refractivity contribution in [3.8, 4) is 5.75 Å². The zero-order valence-electron chi connectivity index (χ0n) is 13.3. The summed E-state index contributed by atoms with van der Waals surface area (Å²) in [6.07, 6.45) is 0. The summed E-state index contributed by atoms with van der Waals surface area (Å²) >= 11 is 0. The zero-order valence-corrected chi connectivity index (χ0v) is 13.3. The first-order valence-electron chi connectivity index (χ1n) is 7.70. The molecule has 1 N–H and O–H groups in total. The largest absolute Gasteiger partial charge is 0.494 e. The van der Waals surface area contributed by atoms with E-state index in [0.29, 0.717) is 6.04 Å². The lowest BCUT2D eigenvalue weighted by atomic mass is 9.81. The van der Waals surface area contributed by atoms with Crippen molar-refractivity contribution in [2.24, 2.45) is 5.41 Å². The van der Waals surface area contributed by atoms with E-state index in [0.717, 1.165) is 38.5 Å². The van der Waals surface area contributed by atoms with Crippen molar-refractivity contribution >= 4 is 0 Å². The minimum absolute atomic E-state index is 0.227. The van der Waals surface area contributed by atoms with Gasteiger partial charge in [-0.25, -0.2) is 0 Å². The molecule has 1 aromatic carbocycles. The van der Waals surface area contributed by atoms with Crippen molar-refractivity contribution in [3.63, 3.8) is 0 Å². The topological polar surface area (TPSA) is 24.5 Å². The number of hydrogen-bond acceptors (Lipinski definition) is 3. The molecule has 1 saturated heterocycles. The molecule has 1 aliphatic heterocycles. The smallest absolute Gasteiger partial charge is 0.119 e. The Kier molecular flexibility index (Phi) is 5.06. The van der Waals surface area contributed by atoms with Crippen molar-refractivity contribution in [3.05, 3.63) is 29.8 Å². The van der Waals surface area contributed by atoms with Gasteiger partial charge in [0, 0.05) is 32.2 Å². The predicted molar refractivity (Wildman–Crippen MR) is 84.2 cm³/mol. The van der Waals surface area contributed by atoms with Gasteiger partial charge in [-0.1, -0.05) is 32.9 Å². The molecule has 0 aromatic heterocycles. The van der Waals surface area contributed by atoms with Crippen LogP contribution in [0.15, 0.2) is 24.3 Å². The lowest BCUT2D eigenvalue weighted by molar-refractivity contribution is 0.0862. The molecule has 20 heavy (non-hydrogen) atoms. The molecular weight excluding hydrogens is 248 g/mol. The van der Waals surface area contributed by atoms with Crippen LogP contribution < -0.4 is 10.1 Å². The van der Waals surface area contributed by atoms with E-state index in [1.54, 1.807) is 0 Å². The van der Waals surface area contributed by atoms with E-state index < -0.39 is 0 Å². The molecule has 1 fully saturated rings. The highest BCUT2D eigenvalue weighted by molar-refractivity contribution is 5.30. The van der Waals surface area contributed by atoms with Crippen LogP contribution in [-0.2, 0) is 0 Å². The average molecular weight is 276 g/mol. The fourth-order valence-electron chi connectivity index (χ4n) is 3.11. The monoisotopic (exact) mass is 276 g/mol. The highest BCUT2D eigenvalue weighted by atomic mass is 16.5.